The molecule has 10 heteroatoms. The minimum atomic E-state index is -0.503. The highest BCUT2D eigenvalue weighted by molar-refractivity contribution is 8.27. The highest BCUT2D eigenvalue weighted by Crippen LogP contribution is 2.37. The number of thiocarbonyl (C=S) groups is 1. The van der Waals surface area contributed by atoms with Crippen molar-refractivity contribution in [1.82, 2.24) is 0 Å². The third-order valence-electron chi connectivity index (χ3n) is 4.73. The number of halogens is 1. The molecule has 0 aromatic heterocycles. The molecule has 0 radical (unpaired) electrons. The van der Waals surface area contributed by atoms with E-state index in [9.17, 15) is 14.9 Å². The third kappa shape index (κ3) is 5.39. The number of anilines is 1. The first-order chi connectivity index (χ1) is 16.4. The molecule has 0 saturated carbocycles. The number of nitrogens with zero attached hydrogens (tertiary/aromatic N) is 2. The van der Waals surface area contributed by atoms with Crippen molar-refractivity contribution in [2.45, 2.75) is 0 Å². The van der Waals surface area contributed by atoms with Crippen molar-refractivity contribution in [2.24, 2.45) is 0 Å². The quantitative estimate of drug-likeness (QED) is 0.118. The highest BCUT2D eigenvalue weighted by atomic mass is 35.5. The summed E-state index contributed by atoms with van der Waals surface area (Å²) in [7, 11) is 0. The summed E-state index contributed by atoms with van der Waals surface area (Å²) in [6.45, 7) is 0.366. The number of benzene rings is 3. The van der Waals surface area contributed by atoms with Gasteiger partial charge in [0.2, 0.25) is 0 Å². The number of rotatable bonds is 8. The van der Waals surface area contributed by atoms with E-state index < -0.39 is 4.92 Å². The van der Waals surface area contributed by atoms with Crippen molar-refractivity contribution in [1.29, 1.82) is 0 Å². The van der Waals surface area contributed by atoms with Gasteiger partial charge in [-0.15, -0.1) is 0 Å². The fourth-order valence-corrected chi connectivity index (χ4v) is 4.65. The van der Waals surface area contributed by atoms with Crippen LogP contribution >= 0.6 is 35.6 Å². The van der Waals surface area contributed by atoms with E-state index in [-0.39, 0.29) is 24.8 Å². The SMILES string of the molecule is O=C1C(=Cc2cc([N+](=O)[O-])ccc2OCCOc2ccccc2Cl)SC(=S)N1c1ccccc1. The fraction of sp³-hybridized carbons (Fsp3) is 0.0833. The van der Waals surface area contributed by atoms with Gasteiger partial charge in [-0.2, -0.15) is 0 Å². The maximum atomic E-state index is 13.0. The molecule has 1 amide bonds. The zero-order valence-corrected chi connectivity index (χ0v) is 19.9. The number of non-ortho nitro benzene ring substituents is 1. The number of thioether (sulfide) groups is 1. The zero-order chi connectivity index (χ0) is 24.1. The molecule has 0 aliphatic carbocycles. The van der Waals surface area contributed by atoms with Gasteiger partial charge in [-0.25, -0.2) is 0 Å². The van der Waals surface area contributed by atoms with Gasteiger partial charge < -0.3 is 9.47 Å². The van der Waals surface area contributed by atoms with E-state index in [0.717, 1.165) is 11.8 Å². The molecular formula is C24H17ClN2O5S2. The lowest BCUT2D eigenvalue weighted by atomic mass is 10.1. The predicted molar refractivity (Wildman–Crippen MR) is 138 cm³/mol. The third-order valence-corrected chi connectivity index (χ3v) is 6.35. The lowest BCUT2D eigenvalue weighted by Crippen LogP contribution is -2.27. The number of amides is 1. The molecule has 0 N–H and O–H groups in total. The van der Waals surface area contributed by atoms with E-state index in [0.29, 0.717) is 37.0 Å². The van der Waals surface area contributed by atoms with Gasteiger partial charge in [-0.1, -0.05) is 65.9 Å². The zero-order valence-electron chi connectivity index (χ0n) is 17.5. The number of nitro groups is 1. The van der Waals surface area contributed by atoms with E-state index in [1.165, 1.54) is 23.1 Å². The van der Waals surface area contributed by atoms with Gasteiger partial charge in [0.25, 0.3) is 11.6 Å². The molecule has 3 aromatic rings. The first-order valence-electron chi connectivity index (χ1n) is 10.1. The molecular weight excluding hydrogens is 496 g/mol. The van der Waals surface area contributed by atoms with Gasteiger partial charge >= 0.3 is 0 Å². The first-order valence-corrected chi connectivity index (χ1v) is 11.7. The van der Waals surface area contributed by atoms with Crippen LogP contribution in [-0.4, -0.2) is 28.4 Å². The standard InChI is InChI=1S/C24H17ClN2O5S2/c25-19-8-4-5-9-21(19)32-13-12-31-20-11-10-18(27(29)30)14-16(20)15-22-23(28)26(24(33)34-22)17-6-2-1-3-7-17/h1-11,14-15H,12-13H2. The van der Waals surface area contributed by atoms with Gasteiger partial charge in [0.05, 0.1) is 20.5 Å². The van der Waals surface area contributed by atoms with Crippen LogP contribution in [-0.2, 0) is 4.79 Å². The molecule has 4 rings (SSSR count). The summed E-state index contributed by atoms with van der Waals surface area (Å²) in [6, 6.07) is 20.3. The summed E-state index contributed by atoms with van der Waals surface area (Å²) in [6.07, 6.45) is 1.56. The van der Waals surface area contributed by atoms with Crippen molar-refractivity contribution in [2.75, 3.05) is 18.1 Å². The van der Waals surface area contributed by atoms with Crippen molar-refractivity contribution in [3.05, 3.63) is 98.4 Å². The Bertz CT molecular complexity index is 1280. The summed E-state index contributed by atoms with van der Waals surface area (Å²) < 4.78 is 11.8. The summed E-state index contributed by atoms with van der Waals surface area (Å²) in [5.41, 5.74) is 0.922. The van der Waals surface area contributed by atoms with E-state index in [2.05, 4.69) is 0 Å². The van der Waals surface area contributed by atoms with Crippen LogP contribution in [0.3, 0.4) is 0 Å². The minimum absolute atomic E-state index is 0.121. The molecule has 0 unspecified atom stereocenters. The number of para-hydroxylation sites is 2. The molecule has 0 atom stereocenters. The van der Waals surface area contributed by atoms with Crippen LogP contribution in [0.1, 0.15) is 5.56 Å². The van der Waals surface area contributed by atoms with Crippen molar-refractivity contribution < 1.29 is 19.2 Å². The van der Waals surface area contributed by atoms with E-state index in [4.69, 9.17) is 33.3 Å². The predicted octanol–water partition coefficient (Wildman–Crippen LogP) is 6.11. The number of hydrogen-bond donors (Lipinski definition) is 0. The Morgan fingerprint density at radius 2 is 1.68 bits per heavy atom. The van der Waals surface area contributed by atoms with Crippen molar-refractivity contribution >= 4 is 63.3 Å². The van der Waals surface area contributed by atoms with Crippen LogP contribution in [0.2, 0.25) is 5.02 Å². The molecule has 1 saturated heterocycles. The molecule has 172 valence electrons. The Labute approximate surface area is 210 Å². The lowest BCUT2D eigenvalue weighted by molar-refractivity contribution is -0.384. The summed E-state index contributed by atoms with van der Waals surface area (Å²) in [5.74, 6) is 0.598. The van der Waals surface area contributed by atoms with E-state index in [1.54, 1.807) is 36.4 Å². The van der Waals surface area contributed by atoms with Crippen molar-refractivity contribution in [3.63, 3.8) is 0 Å². The minimum Gasteiger partial charge on any atom is -0.489 e. The Balaban J connectivity index is 1.54. The smallest absolute Gasteiger partial charge is 0.270 e. The first kappa shape index (κ1) is 23.7. The number of ether oxygens (including phenoxy) is 2. The summed E-state index contributed by atoms with van der Waals surface area (Å²) >= 11 is 12.6. The molecule has 0 spiro atoms. The second kappa shape index (κ2) is 10.7. The van der Waals surface area contributed by atoms with Crippen LogP contribution in [0, 0.1) is 10.1 Å². The molecule has 3 aromatic carbocycles. The van der Waals surface area contributed by atoms with E-state index >= 15 is 0 Å². The number of nitro benzene ring substituents is 1. The number of hydrogen-bond acceptors (Lipinski definition) is 7. The lowest BCUT2D eigenvalue weighted by Gasteiger charge is -2.14. The second-order valence-electron chi connectivity index (χ2n) is 6.96. The average Bonchev–Trinajstić information content (AvgIpc) is 3.11. The second-order valence-corrected chi connectivity index (χ2v) is 9.04. The fourth-order valence-electron chi connectivity index (χ4n) is 3.17. The van der Waals surface area contributed by atoms with Gasteiger partial charge in [-0.05, 0) is 36.4 Å². The topological polar surface area (TPSA) is 81.9 Å². The number of carbonyl (C=O) groups excluding carboxylic acids is 1. The summed E-state index contributed by atoms with van der Waals surface area (Å²) in [5, 5.41) is 11.8. The normalized spacial score (nSPS) is 14.5. The van der Waals surface area contributed by atoms with E-state index in [1.807, 2.05) is 24.3 Å². The van der Waals surface area contributed by atoms with Gasteiger partial charge in [0.1, 0.15) is 24.7 Å². The van der Waals surface area contributed by atoms with Crippen LogP contribution in [0.4, 0.5) is 11.4 Å². The maximum absolute atomic E-state index is 13.0. The molecule has 7 nitrogen and oxygen atoms in total. The highest BCUT2D eigenvalue weighted by Gasteiger charge is 2.33. The largest absolute Gasteiger partial charge is 0.489 e. The molecule has 1 fully saturated rings. The van der Waals surface area contributed by atoms with Crippen LogP contribution < -0.4 is 14.4 Å². The monoisotopic (exact) mass is 512 g/mol. The average molecular weight is 513 g/mol. The molecule has 1 heterocycles. The molecule has 1 aliphatic heterocycles. The Morgan fingerprint density at radius 1 is 1.00 bits per heavy atom. The molecule has 34 heavy (non-hydrogen) atoms. The molecule has 1 aliphatic rings. The van der Waals surface area contributed by atoms with Crippen LogP contribution in [0.15, 0.2) is 77.7 Å². The summed E-state index contributed by atoms with van der Waals surface area (Å²) in [4.78, 5) is 25.6. The maximum Gasteiger partial charge on any atom is 0.270 e. The van der Waals surface area contributed by atoms with Crippen LogP contribution in [0.5, 0.6) is 11.5 Å². The Kier molecular flexibility index (Phi) is 7.46. The van der Waals surface area contributed by atoms with Crippen molar-refractivity contribution in [3.8, 4) is 11.5 Å². The Morgan fingerprint density at radius 3 is 2.38 bits per heavy atom. The van der Waals surface area contributed by atoms with Gasteiger partial charge in [0, 0.05) is 17.7 Å². The van der Waals surface area contributed by atoms with Crippen LogP contribution in [0.25, 0.3) is 6.08 Å². The molecule has 0 bridgehead atoms. The Hall–Kier alpha value is -3.40. The number of carbonyl (C=O) groups is 1. The van der Waals surface area contributed by atoms with Gasteiger partial charge in [0.15, 0.2) is 4.32 Å². The van der Waals surface area contributed by atoms with Gasteiger partial charge in [-0.3, -0.25) is 19.8 Å².